The Morgan fingerprint density at radius 3 is 2.24 bits per heavy atom. The number of rotatable bonds is 8. The molecule has 2 heterocycles. The molecule has 2 unspecified atom stereocenters. The molecule has 1 fully saturated rings. The molecular formula is C23H32N4O5S. The summed E-state index contributed by atoms with van der Waals surface area (Å²) in [5.74, 6) is 1.10. The number of sulfone groups is 1. The number of carbonyl (C=O) groups is 1. The van der Waals surface area contributed by atoms with Crippen LogP contribution in [0.3, 0.4) is 0 Å². The van der Waals surface area contributed by atoms with Gasteiger partial charge in [-0.2, -0.15) is 0 Å². The normalized spacial score (nSPS) is 18.8. The second-order valence-corrected chi connectivity index (χ2v) is 10.4. The molecule has 1 aromatic carbocycles. The largest absolute Gasteiger partial charge is 0.486 e. The Hall–Kier alpha value is -2.88. The van der Waals surface area contributed by atoms with Gasteiger partial charge in [-0.05, 0) is 38.0 Å². The molecule has 0 bridgehead atoms. The van der Waals surface area contributed by atoms with Crippen LogP contribution >= 0.6 is 0 Å². The van der Waals surface area contributed by atoms with Gasteiger partial charge in [-0.3, -0.25) is 0 Å². The van der Waals surface area contributed by atoms with Crippen LogP contribution in [0.4, 0.5) is 10.7 Å². The molecule has 1 aliphatic rings. The van der Waals surface area contributed by atoms with Gasteiger partial charge >= 0.3 is 6.09 Å². The van der Waals surface area contributed by atoms with Crippen LogP contribution in [0.15, 0.2) is 41.6 Å². The van der Waals surface area contributed by atoms with E-state index in [4.69, 9.17) is 9.47 Å². The van der Waals surface area contributed by atoms with E-state index in [1.165, 1.54) is 6.26 Å². The molecule has 33 heavy (non-hydrogen) atoms. The lowest BCUT2D eigenvalue weighted by molar-refractivity contribution is 0.0888. The monoisotopic (exact) mass is 476 g/mol. The Kier molecular flexibility index (Phi) is 8.12. The van der Waals surface area contributed by atoms with Crippen molar-refractivity contribution in [1.29, 1.82) is 0 Å². The van der Waals surface area contributed by atoms with Crippen molar-refractivity contribution in [1.82, 2.24) is 14.9 Å². The number of benzene rings is 1. The van der Waals surface area contributed by atoms with Crippen LogP contribution in [-0.4, -0.2) is 67.4 Å². The summed E-state index contributed by atoms with van der Waals surface area (Å²) in [6.07, 6.45) is 6.01. The molecule has 2 aromatic rings. The van der Waals surface area contributed by atoms with Gasteiger partial charge in [0.25, 0.3) is 0 Å². The maximum atomic E-state index is 12.3. The fraction of sp³-hybridized carbons (Fsp3) is 0.522. The lowest BCUT2D eigenvalue weighted by atomic mass is 10.1. The molecule has 3 rings (SSSR count). The van der Waals surface area contributed by atoms with Crippen molar-refractivity contribution in [3.8, 4) is 5.75 Å². The zero-order valence-corrected chi connectivity index (χ0v) is 20.4. The van der Waals surface area contributed by atoms with Gasteiger partial charge in [0.15, 0.2) is 15.6 Å². The zero-order valence-electron chi connectivity index (χ0n) is 19.6. The van der Waals surface area contributed by atoms with Crippen molar-refractivity contribution < 1.29 is 22.7 Å². The Balaban J connectivity index is 1.56. The minimum Gasteiger partial charge on any atom is -0.486 e. The van der Waals surface area contributed by atoms with Crippen molar-refractivity contribution >= 4 is 21.9 Å². The minimum atomic E-state index is -3.22. The summed E-state index contributed by atoms with van der Waals surface area (Å²) in [5.41, 5.74) is 0.843. The number of piperazine rings is 1. The Labute approximate surface area is 195 Å². The van der Waals surface area contributed by atoms with E-state index in [1.54, 1.807) is 41.6 Å². The van der Waals surface area contributed by atoms with Crippen LogP contribution in [0.5, 0.6) is 5.75 Å². The third-order valence-electron chi connectivity index (χ3n) is 5.50. The first-order valence-electron chi connectivity index (χ1n) is 11.1. The van der Waals surface area contributed by atoms with Crippen LogP contribution < -0.4 is 9.64 Å². The molecule has 0 aliphatic carbocycles. The lowest BCUT2D eigenvalue weighted by Gasteiger charge is -2.43. The van der Waals surface area contributed by atoms with E-state index in [0.717, 1.165) is 18.4 Å². The van der Waals surface area contributed by atoms with Gasteiger partial charge in [-0.25, -0.2) is 23.2 Å². The molecule has 0 spiro atoms. The van der Waals surface area contributed by atoms with E-state index in [1.807, 2.05) is 13.8 Å². The molecule has 180 valence electrons. The quantitative estimate of drug-likeness (QED) is 0.535. The Bertz CT molecular complexity index is 1020. The molecule has 0 N–H and O–H groups in total. The number of aromatic nitrogens is 2. The fourth-order valence-corrected chi connectivity index (χ4v) is 4.41. The van der Waals surface area contributed by atoms with E-state index >= 15 is 0 Å². The predicted molar refractivity (Wildman–Crippen MR) is 125 cm³/mol. The molecule has 1 saturated heterocycles. The SMILES string of the molecule is CCCCOC(=O)N1CC(C)N(c2ncc(OCc3ccc(S(C)(=O)=O)cc3)cn2)C(C)C1. The van der Waals surface area contributed by atoms with E-state index < -0.39 is 9.84 Å². The van der Waals surface area contributed by atoms with Gasteiger partial charge in [-0.1, -0.05) is 25.5 Å². The maximum Gasteiger partial charge on any atom is 0.409 e. The van der Waals surface area contributed by atoms with Gasteiger partial charge < -0.3 is 19.3 Å². The number of hydrogen-bond donors (Lipinski definition) is 0. The molecule has 1 aromatic heterocycles. The summed E-state index contributed by atoms with van der Waals surface area (Å²) in [7, 11) is -3.22. The number of ether oxygens (including phenoxy) is 2. The van der Waals surface area contributed by atoms with Gasteiger partial charge in [0.05, 0.1) is 23.9 Å². The van der Waals surface area contributed by atoms with Crippen molar-refractivity contribution in [3.63, 3.8) is 0 Å². The minimum absolute atomic E-state index is 0.0348. The fourth-order valence-electron chi connectivity index (χ4n) is 3.78. The van der Waals surface area contributed by atoms with Crippen molar-refractivity contribution in [2.75, 3.05) is 30.9 Å². The van der Waals surface area contributed by atoms with Crippen LogP contribution in [0.25, 0.3) is 0 Å². The van der Waals surface area contributed by atoms with E-state index in [0.29, 0.717) is 31.4 Å². The first-order chi connectivity index (χ1) is 15.7. The molecular weight excluding hydrogens is 444 g/mol. The topological polar surface area (TPSA) is 102 Å². The molecule has 0 saturated carbocycles. The highest BCUT2D eigenvalue weighted by atomic mass is 32.2. The second kappa shape index (κ2) is 10.8. The first kappa shape index (κ1) is 24.8. The molecule has 2 atom stereocenters. The summed E-state index contributed by atoms with van der Waals surface area (Å²) in [5, 5.41) is 0. The summed E-state index contributed by atoms with van der Waals surface area (Å²) < 4.78 is 34.2. The van der Waals surface area contributed by atoms with Crippen molar-refractivity contribution in [2.24, 2.45) is 0 Å². The van der Waals surface area contributed by atoms with Crippen LogP contribution in [-0.2, 0) is 21.2 Å². The summed E-state index contributed by atoms with van der Waals surface area (Å²) >= 11 is 0. The number of hydrogen-bond acceptors (Lipinski definition) is 8. The number of carbonyl (C=O) groups excluding carboxylic acids is 1. The third-order valence-corrected chi connectivity index (χ3v) is 6.63. The summed E-state index contributed by atoms with van der Waals surface area (Å²) in [6.45, 7) is 7.95. The summed E-state index contributed by atoms with van der Waals surface area (Å²) in [6, 6.07) is 6.65. The first-order valence-corrected chi connectivity index (χ1v) is 13.0. The van der Waals surface area contributed by atoms with Gasteiger partial charge in [0, 0.05) is 31.4 Å². The molecule has 1 amide bonds. The Morgan fingerprint density at radius 2 is 1.70 bits per heavy atom. The van der Waals surface area contributed by atoms with Gasteiger partial charge in [-0.15, -0.1) is 0 Å². The molecule has 9 nitrogen and oxygen atoms in total. The average molecular weight is 477 g/mol. The summed E-state index contributed by atoms with van der Waals surface area (Å²) in [4.78, 5) is 25.4. The number of unbranched alkanes of at least 4 members (excludes halogenated alkanes) is 1. The number of amides is 1. The lowest BCUT2D eigenvalue weighted by Crippen LogP contribution is -2.58. The predicted octanol–water partition coefficient (Wildman–Crippen LogP) is 3.29. The third kappa shape index (κ3) is 6.56. The van der Waals surface area contributed by atoms with E-state index in [2.05, 4.69) is 21.8 Å². The molecule has 0 radical (unpaired) electrons. The van der Waals surface area contributed by atoms with Gasteiger partial charge in [0.2, 0.25) is 5.95 Å². The smallest absolute Gasteiger partial charge is 0.409 e. The van der Waals surface area contributed by atoms with Crippen LogP contribution in [0, 0.1) is 0 Å². The Morgan fingerprint density at radius 1 is 1.09 bits per heavy atom. The van der Waals surface area contributed by atoms with Crippen LogP contribution in [0.1, 0.15) is 39.2 Å². The van der Waals surface area contributed by atoms with Crippen molar-refractivity contribution in [3.05, 3.63) is 42.2 Å². The van der Waals surface area contributed by atoms with E-state index in [-0.39, 0.29) is 29.7 Å². The van der Waals surface area contributed by atoms with Gasteiger partial charge in [0.1, 0.15) is 6.61 Å². The number of nitrogens with zero attached hydrogens (tertiary/aromatic N) is 4. The van der Waals surface area contributed by atoms with Crippen molar-refractivity contribution in [2.45, 2.75) is 57.2 Å². The highest BCUT2D eigenvalue weighted by Gasteiger charge is 2.34. The highest BCUT2D eigenvalue weighted by Crippen LogP contribution is 2.23. The van der Waals surface area contributed by atoms with Crippen LogP contribution in [0.2, 0.25) is 0 Å². The highest BCUT2D eigenvalue weighted by molar-refractivity contribution is 7.90. The zero-order chi connectivity index (χ0) is 24.0. The van der Waals surface area contributed by atoms with E-state index in [9.17, 15) is 13.2 Å². The average Bonchev–Trinajstić information content (AvgIpc) is 2.78. The standard InChI is InChI=1S/C23H32N4O5S/c1-5-6-11-31-23(28)26-14-17(2)27(18(3)15-26)22-24-12-20(13-25-22)32-16-19-7-9-21(10-8-19)33(4,29)30/h7-10,12-13,17-18H,5-6,11,14-16H2,1-4H3. The second-order valence-electron chi connectivity index (χ2n) is 8.40. The molecule has 10 heteroatoms. The maximum absolute atomic E-state index is 12.3. The number of anilines is 1. The molecule has 1 aliphatic heterocycles.